The van der Waals surface area contributed by atoms with Gasteiger partial charge >= 0.3 is 12.4 Å². The molecule has 0 atom stereocenters. The number of fused-ring (bicyclic) bond motifs is 1. The topological polar surface area (TPSA) is 101 Å². The molecular weight excluding hydrogens is 380 g/mol. The number of benzene rings is 2. The van der Waals surface area contributed by atoms with Gasteiger partial charge in [0.15, 0.2) is 0 Å². The number of nitrogen functional groups attached to an aromatic ring is 1. The fourth-order valence-corrected chi connectivity index (χ4v) is 2.79. The number of anilines is 1. The van der Waals surface area contributed by atoms with Gasteiger partial charge in [0, 0.05) is 16.6 Å². The fraction of sp³-hybridized carbons (Fsp3) is 0.231. The molecular formula is C13H9F6NO4S. The van der Waals surface area contributed by atoms with Crippen molar-refractivity contribution in [1.82, 2.24) is 0 Å². The second-order valence-corrected chi connectivity index (χ2v) is 6.51. The van der Waals surface area contributed by atoms with Crippen molar-refractivity contribution in [2.75, 3.05) is 5.73 Å². The molecule has 2 rings (SSSR count). The van der Waals surface area contributed by atoms with Crippen LogP contribution in [0.2, 0.25) is 0 Å². The molecule has 2 aromatic carbocycles. The van der Waals surface area contributed by atoms with Gasteiger partial charge in [-0.2, -0.15) is 34.8 Å². The summed E-state index contributed by atoms with van der Waals surface area (Å²) in [6, 6.07) is 3.40. The van der Waals surface area contributed by atoms with Gasteiger partial charge in [0.2, 0.25) is 0 Å². The Bertz CT molecular complexity index is 922. The zero-order valence-corrected chi connectivity index (χ0v) is 12.7. The van der Waals surface area contributed by atoms with Gasteiger partial charge in [-0.25, -0.2) is 0 Å². The van der Waals surface area contributed by atoms with Crippen molar-refractivity contribution in [2.24, 2.45) is 0 Å². The smallest absolute Gasteiger partial charge is 0.398 e. The molecule has 2 aromatic rings. The van der Waals surface area contributed by atoms with Crippen LogP contribution in [-0.2, 0) is 15.7 Å². The third kappa shape index (κ3) is 3.00. The lowest BCUT2D eigenvalue weighted by Gasteiger charge is -2.33. The van der Waals surface area contributed by atoms with Gasteiger partial charge in [0.1, 0.15) is 0 Å². The van der Waals surface area contributed by atoms with Crippen LogP contribution < -0.4 is 5.73 Å². The average Bonchev–Trinajstić information content (AvgIpc) is 2.43. The minimum absolute atomic E-state index is 0.150. The molecule has 12 heteroatoms. The third-order valence-electron chi connectivity index (χ3n) is 3.54. The first-order chi connectivity index (χ1) is 11.1. The van der Waals surface area contributed by atoms with Gasteiger partial charge in [0.05, 0.1) is 4.90 Å². The Morgan fingerprint density at radius 3 is 1.88 bits per heavy atom. The highest BCUT2D eigenvalue weighted by Crippen LogP contribution is 2.52. The largest absolute Gasteiger partial charge is 0.430 e. The predicted molar refractivity (Wildman–Crippen MR) is 74.2 cm³/mol. The molecule has 0 bridgehead atoms. The standard InChI is InChI=1S/C13H9F6NO4S/c14-12(15,16)11(21,13(17,18)19)9-4-1-6-5-7(25(22,23)24)2-3-8(6)10(9)20/h1-5,21H,20H2,(H,22,23,24). The summed E-state index contributed by atoms with van der Waals surface area (Å²) in [6.07, 6.45) is -12.2. The molecule has 25 heavy (non-hydrogen) atoms. The Morgan fingerprint density at radius 1 is 0.920 bits per heavy atom. The van der Waals surface area contributed by atoms with E-state index in [0.29, 0.717) is 6.07 Å². The van der Waals surface area contributed by atoms with Crippen LogP contribution in [0.25, 0.3) is 10.8 Å². The summed E-state index contributed by atoms with van der Waals surface area (Å²) >= 11 is 0. The van der Waals surface area contributed by atoms with Crippen LogP contribution in [0.15, 0.2) is 35.2 Å². The summed E-state index contributed by atoms with van der Waals surface area (Å²) in [6.45, 7) is 0. The number of halogens is 6. The highest BCUT2D eigenvalue weighted by atomic mass is 32.2. The molecule has 4 N–H and O–H groups in total. The Morgan fingerprint density at radius 2 is 1.44 bits per heavy atom. The van der Waals surface area contributed by atoms with E-state index in [0.717, 1.165) is 24.3 Å². The number of aliphatic hydroxyl groups is 1. The summed E-state index contributed by atoms with van der Waals surface area (Å²) in [4.78, 5) is -0.631. The van der Waals surface area contributed by atoms with Gasteiger partial charge in [0.25, 0.3) is 15.7 Å². The summed E-state index contributed by atoms with van der Waals surface area (Å²) in [5.74, 6) is 0. The zero-order chi connectivity index (χ0) is 19.4. The van der Waals surface area contributed by atoms with Crippen LogP contribution in [0.3, 0.4) is 0 Å². The summed E-state index contributed by atoms with van der Waals surface area (Å²) in [7, 11) is -4.64. The van der Waals surface area contributed by atoms with Crippen molar-refractivity contribution < 1.29 is 44.4 Å². The van der Waals surface area contributed by atoms with Gasteiger partial charge < -0.3 is 10.8 Å². The number of hydrogen-bond donors (Lipinski definition) is 3. The quantitative estimate of drug-likeness (QED) is 0.417. The van der Waals surface area contributed by atoms with Crippen LogP contribution in [-0.4, -0.2) is 30.4 Å². The van der Waals surface area contributed by atoms with Gasteiger partial charge in [-0.15, -0.1) is 0 Å². The van der Waals surface area contributed by atoms with E-state index >= 15 is 0 Å². The Kier molecular flexibility index (Phi) is 4.22. The molecule has 0 heterocycles. The second-order valence-electron chi connectivity index (χ2n) is 5.09. The van der Waals surface area contributed by atoms with E-state index in [4.69, 9.17) is 10.3 Å². The molecule has 5 nitrogen and oxygen atoms in total. The van der Waals surface area contributed by atoms with Gasteiger partial charge in [-0.1, -0.05) is 18.2 Å². The molecule has 0 aliphatic rings. The van der Waals surface area contributed by atoms with E-state index < -0.39 is 44.2 Å². The van der Waals surface area contributed by atoms with Gasteiger partial charge in [-0.05, 0) is 17.5 Å². The predicted octanol–water partition coefficient (Wildman–Crippen LogP) is 2.98. The number of rotatable bonds is 2. The zero-order valence-electron chi connectivity index (χ0n) is 11.9. The van der Waals surface area contributed by atoms with E-state index in [9.17, 15) is 39.9 Å². The maximum atomic E-state index is 12.9. The molecule has 0 amide bonds. The van der Waals surface area contributed by atoms with E-state index in [1.54, 1.807) is 0 Å². The molecule has 0 fully saturated rings. The lowest BCUT2D eigenvalue weighted by Crippen LogP contribution is -2.54. The highest BCUT2D eigenvalue weighted by Gasteiger charge is 2.72. The third-order valence-corrected chi connectivity index (χ3v) is 4.39. The lowest BCUT2D eigenvalue weighted by molar-refractivity contribution is -0.375. The molecule has 0 radical (unpaired) electrons. The molecule has 0 aliphatic heterocycles. The van der Waals surface area contributed by atoms with Crippen molar-refractivity contribution in [2.45, 2.75) is 22.8 Å². The SMILES string of the molecule is Nc1c(C(O)(C(F)(F)F)C(F)(F)F)ccc2cc(S(=O)(=O)O)ccc12. The normalized spacial score (nSPS) is 14.1. The maximum absolute atomic E-state index is 12.9. The Hall–Kier alpha value is -2.05. The van der Waals surface area contributed by atoms with Crippen LogP contribution in [0.4, 0.5) is 32.0 Å². The number of hydrogen-bond acceptors (Lipinski definition) is 4. The second kappa shape index (κ2) is 5.47. The van der Waals surface area contributed by atoms with Crippen molar-refractivity contribution in [3.8, 4) is 0 Å². The minimum Gasteiger partial charge on any atom is -0.398 e. The number of alkyl halides is 6. The molecule has 0 spiro atoms. The van der Waals surface area contributed by atoms with Crippen molar-refractivity contribution >= 4 is 26.6 Å². The monoisotopic (exact) mass is 389 g/mol. The molecule has 0 saturated carbocycles. The molecule has 0 aromatic heterocycles. The Balaban J connectivity index is 2.82. The van der Waals surface area contributed by atoms with Gasteiger partial charge in [-0.3, -0.25) is 4.55 Å². The molecule has 0 saturated heterocycles. The van der Waals surface area contributed by atoms with Crippen LogP contribution in [0, 0.1) is 0 Å². The minimum atomic E-state index is -6.11. The molecule has 138 valence electrons. The van der Waals surface area contributed by atoms with E-state index in [1.165, 1.54) is 0 Å². The summed E-state index contributed by atoms with van der Waals surface area (Å²) in [5.41, 5.74) is -2.49. The molecule has 0 aliphatic carbocycles. The molecule has 0 unspecified atom stereocenters. The maximum Gasteiger partial charge on any atom is 0.430 e. The first kappa shape index (κ1) is 19.3. The fourth-order valence-electron chi connectivity index (χ4n) is 2.27. The lowest BCUT2D eigenvalue weighted by atomic mass is 9.88. The van der Waals surface area contributed by atoms with Crippen molar-refractivity contribution in [3.63, 3.8) is 0 Å². The van der Waals surface area contributed by atoms with Crippen LogP contribution >= 0.6 is 0 Å². The van der Waals surface area contributed by atoms with Crippen molar-refractivity contribution in [3.05, 3.63) is 35.9 Å². The first-order valence-electron chi connectivity index (χ1n) is 6.26. The van der Waals surface area contributed by atoms with Crippen LogP contribution in [0.1, 0.15) is 5.56 Å². The van der Waals surface area contributed by atoms with E-state index in [1.807, 2.05) is 0 Å². The van der Waals surface area contributed by atoms with Crippen molar-refractivity contribution in [1.29, 1.82) is 0 Å². The average molecular weight is 389 g/mol. The Labute approximate surface area is 136 Å². The van der Waals surface area contributed by atoms with E-state index in [2.05, 4.69) is 0 Å². The first-order valence-corrected chi connectivity index (χ1v) is 7.70. The number of nitrogens with two attached hydrogens (primary N) is 1. The summed E-state index contributed by atoms with van der Waals surface area (Å²) < 4.78 is 109. The van der Waals surface area contributed by atoms with Crippen LogP contribution in [0.5, 0.6) is 0 Å². The highest BCUT2D eigenvalue weighted by molar-refractivity contribution is 7.85. The van der Waals surface area contributed by atoms with E-state index in [-0.39, 0.29) is 10.8 Å². The summed E-state index contributed by atoms with van der Waals surface area (Å²) in [5, 5.41) is 8.90.